The lowest BCUT2D eigenvalue weighted by Crippen LogP contribution is -2.48. The molecule has 0 amide bonds. The number of hydrogen-bond donors (Lipinski definition) is 1. The Morgan fingerprint density at radius 1 is 1.47 bits per heavy atom. The van der Waals surface area contributed by atoms with Crippen LogP contribution in [0, 0.1) is 22.7 Å². The number of hydrogen-bond acceptors (Lipinski definition) is 1. The van der Waals surface area contributed by atoms with Crippen molar-refractivity contribution in [2.24, 2.45) is 22.7 Å². The van der Waals surface area contributed by atoms with Crippen molar-refractivity contribution in [1.29, 1.82) is 0 Å². The maximum absolute atomic E-state index is 9.33. The predicted octanol–water partition coefficient (Wildman–Crippen LogP) is 3.39. The normalized spacial score (nSPS) is 33.3. The minimum Gasteiger partial charge on any atom is -0.396 e. The molecule has 15 heavy (non-hydrogen) atoms. The molecule has 0 saturated heterocycles. The maximum Gasteiger partial charge on any atom is 0.0485 e. The average Bonchev–Trinajstić information content (AvgIpc) is 2.17. The first-order valence-electron chi connectivity index (χ1n) is 6.16. The summed E-state index contributed by atoms with van der Waals surface area (Å²) >= 11 is 0. The van der Waals surface area contributed by atoms with Crippen LogP contribution >= 0.6 is 0 Å². The molecular weight excluding hydrogens is 184 g/mol. The lowest BCUT2D eigenvalue weighted by Gasteiger charge is -2.57. The lowest BCUT2D eigenvalue weighted by atomic mass is 9.48. The Labute approximate surface area is 93.6 Å². The highest BCUT2D eigenvalue weighted by molar-refractivity contribution is 5.24. The van der Waals surface area contributed by atoms with Gasteiger partial charge in [0.25, 0.3) is 0 Å². The van der Waals surface area contributed by atoms with Crippen LogP contribution in [0.1, 0.15) is 47.0 Å². The van der Waals surface area contributed by atoms with Gasteiger partial charge in [-0.25, -0.2) is 0 Å². The van der Waals surface area contributed by atoms with Crippen molar-refractivity contribution in [2.45, 2.75) is 47.0 Å². The van der Waals surface area contributed by atoms with Crippen LogP contribution in [0.2, 0.25) is 0 Å². The average molecular weight is 208 g/mol. The van der Waals surface area contributed by atoms with E-state index in [-0.39, 0.29) is 5.41 Å². The standard InChI is InChI=1S/C14H24O/c1-13(2,9-15)8-10-5-6-11-7-12(10)14(11,3)4/h5,11-12,15H,6-9H2,1-4H3/t11-,12+/m0/s1. The molecule has 1 nitrogen and oxygen atoms in total. The zero-order valence-corrected chi connectivity index (χ0v) is 10.5. The molecule has 0 heterocycles. The Balaban J connectivity index is 2.09. The van der Waals surface area contributed by atoms with Crippen LogP contribution in [0.4, 0.5) is 0 Å². The lowest BCUT2D eigenvalue weighted by molar-refractivity contribution is -0.0130. The van der Waals surface area contributed by atoms with Crippen LogP contribution in [0.25, 0.3) is 0 Å². The van der Waals surface area contributed by atoms with E-state index in [2.05, 4.69) is 33.8 Å². The maximum atomic E-state index is 9.33. The van der Waals surface area contributed by atoms with Gasteiger partial charge in [-0.05, 0) is 41.9 Å². The van der Waals surface area contributed by atoms with Gasteiger partial charge < -0.3 is 5.11 Å². The molecule has 0 aromatic rings. The molecule has 2 atom stereocenters. The van der Waals surface area contributed by atoms with E-state index in [4.69, 9.17) is 0 Å². The van der Waals surface area contributed by atoms with E-state index in [9.17, 15) is 5.11 Å². The Morgan fingerprint density at radius 3 is 2.60 bits per heavy atom. The first kappa shape index (κ1) is 11.2. The highest BCUT2D eigenvalue weighted by Gasteiger charge is 2.51. The third-order valence-corrected chi connectivity index (χ3v) is 4.69. The van der Waals surface area contributed by atoms with Crippen LogP contribution in [0.5, 0.6) is 0 Å². The van der Waals surface area contributed by atoms with Gasteiger partial charge in [0.1, 0.15) is 0 Å². The van der Waals surface area contributed by atoms with Crippen LogP contribution in [0.3, 0.4) is 0 Å². The van der Waals surface area contributed by atoms with E-state index in [0.29, 0.717) is 12.0 Å². The van der Waals surface area contributed by atoms with Gasteiger partial charge in [-0.1, -0.05) is 39.3 Å². The summed E-state index contributed by atoms with van der Waals surface area (Å²) in [7, 11) is 0. The molecule has 2 bridgehead atoms. The van der Waals surface area contributed by atoms with Gasteiger partial charge >= 0.3 is 0 Å². The molecule has 1 heteroatoms. The molecule has 86 valence electrons. The van der Waals surface area contributed by atoms with Crippen LogP contribution in [-0.4, -0.2) is 11.7 Å². The van der Waals surface area contributed by atoms with Gasteiger partial charge in [-0.15, -0.1) is 0 Å². The summed E-state index contributed by atoms with van der Waals surface area (Å²) in [6, 6.07) is 0. The SMILES string of the molecule is CC(C)(CO)CC1=CC[C@H]2C[C@H]1C2(C)C. The summed E-state index contributed by atoms with van der Waals surface area (Å²) < 4.78 is 0. The molecule has 1 fully saturated rings. The first-order chi connectivity index (χ1) is 6.87. The number of fused-ring (bicyclic) bond motifs is 1. The quantitative estimate of drug-likeness (QED) is 0.705. The van der Waals surface area contributed by atoms with E-state index in [0.717, 1.165) is 18.3 Å². The molecule has 3 aliphatic rings. The van der Waals surface area contributed by atoms with Gasteiger partial charge in [0, 0.05) is 6.61 Å². The molecule has 1 saturated carbocycles. The topological polar surface area (TPSA) is 20.2 Å². The second-order valence-electron chi connectivity index (χ2n) is 6.82. The third kappa shape index (κ3) is 1.75. The summed E-state index contributed by atoms with van der Waals surface area (Å²) in [5, 5.41) is 9.33. The summed E-state index contributed by atoms with van der Waals surface area (Å²) in [5.74, 6) is 1.71. The Kier molecular flexibility index (Phi) is 2.50. The Bertz CT molecular complexity index is 286. The molecule has 3 aliphatic carbocycles. The second kappa shape index (κ2) is 3.35. The first-order valence-corrected chi connectivity index (χ1v) is 6.16. The highest BCUT2D eigenvalue weighted by Crippen LogP contribution is 2.60. The highest BCUT2D eigenvalue weighted by atomic mass is 16.3. The van der Waals surface area contributed by atoms with Crippen molar-refractivity contribution < 1.29 is 5.11 Å². The van der Waals surface area contributed by atoms with Crippen LogP contribution in [0.15, 0.2) is 11.6 Å². The summed E-state index contributed by atoms with van der Waals surface area (Å²) in [5.41, 5.74) is 2.20. The molecule has 3 rings (SSSR count). The smallest absolute Gasteiger partial charge is 0.0485 e. The third-order valence-electron chi connectivity index (χ3n) is 4.69. The minimum atomic E-state index is 0.0599. The van der Waals surface area contributed by atoms with Crippen LogP contribution in [-0.2, 0) is 0 Å². The number of allylic oxidation sites excluding steroid dienone is 2. The van der Waals surface area contributed by atoms with Crippen LogP contribution < -0.4 is 0 Å². The fraction of sp³-hybridized carbons (Fsp3) is 0.857. The molecule has 0 aliphatic heterocycles. The van der Waals surface area contributed by atoms with Gasteiger partial charge in [0.15, 0.2) is 0 Å². The summed E-state index contributed by atoms with van der Waals surface area (Å²) in [4.78, 5) is 0. The monoisotopic (exact) mass is 208 g/mol. The van der Waals surface area contributed by atoms with Crippen molar-refractivity contribution in [2.75, 3.05) is 6.61 Å². The zero-order valence-electron chi connectivity index (χ0n) is 10.5. The Morgan fingerprint density at radius 2 is 2.13 bits per heavy atom. The fourth-order valence-electron chi connectivity index (χ4n) is 3.28. The number of aliphatic hydroxyl groups excluding tert-OH is 1. The van der Waals surface area contributed by atoms with Crippen molar-refractivity contribution in [3.8, 4) is 0 Å². The second-order valence-corrected chi connectivity index (χ2v) is 6.82. The summed E-state index contributed by atoms with van der Waals surface area (Å²) in [6.07, 6.45) is 6.17. The minimum absolute atomic E-state index is 0.0599. The van der Waals surface area contributed by atoms with Gasteiger partial charge in [0.05, 0.1) is 0 Å². The molecule has 0 radical (unpaired) electrons. The van der Waals surface area contributed by atoms with E-state index in [1.807, 2.05) is 0 Å². The molecule has 0 spiro atoms. The zero-order chi connectivity index (χ0) is 11.3. The van der Waals surface area contributed by atoms with Gasteiger partial charge in [0.2, 0.25) is 0 Å². The van der Waals surface area contributed by atoms with Gasteiger partial charge in [-0.2, -0.15) is 0 Å². The Hall–Kier alpha value is -0.300. The molecule has 0 aromatic carbocycles. The largest absolute Gasteiger partial charge is 0.396 e. The van der Waals surface area contributed by atoms with E-state index in [1.54, 1.807) is 5.57 Å². The van der Waals surface area contributed by atoms with E-state index in [1.165, 1.54) is 12.8 Å². The molecule has 0 unspecified atom stereocenters. The summed E-state index contributed by atoms with van der Waals surface area (Å²) in [6.45, 7) is 9.42. The molecular formula is C14H24O. The molecule has 1 N–H and O–H groups in total. The van der Waals surface area contributed by atoms with Crippen molar-refractivity contribution in [1.82, 2.24) is 0 Å². The van der Waals surface area contributed by atoms with E-state index < -0.39 is 0 Å². The fourth-order valence-corrected chi connectivity index (χ4v) is 3.28. The van der Waals surface area contributed by atoms with Gasteiger partial charge in [-0.3, -0.25) is 0 Å². The molecule has 0 aromatic heterocycles. The van der Waals surface area contributed by atoms with Crippen molar-refractivity contribution in [3.63, 3.8) is 0 Å². The van der Waals surface area contributed by atoms with E-state index >= 15 is 0 Å². The number of aliphatic hydroxyl groups is 1. The van der Waals surface area contributed by atoms with Crippen molar-refractivity contribution in [3.05, 3.63) is 11.6 Å². The van der Waals surface area contributed by atoms with Crippen molar-refractivity contribution >= 4 is 0 Å². The predicted molar refractivity (Wildman–Crippen MR) is 63.6 cm³/mol. The number of rotatable bonds is 3.